The number of fused-ring (bicyclic) bond motifs is 1. The molecular weight excluding hydrogens is 500 g/mol. The van der Waals surface area contributed by atoms with E-state index >= 15 is 0 Å². The number of rotatable bonds is 17. The van der Waals surface area contributed by atoms with Crippen molar-refractivity contribution >= 4 is 11.0 Å². The molecule has 0 aliphatic carbocycles. The Morgan fingerprint density at radius 2 is 1.38 bits per heavy atom. The van der Waals surface area contributed by atoms with Gasteiger partial charge in [-0.15, -0.1) is 0 Å². The molecule has 0 saturated carbocycles. The van der Waals surface area contributed by atoms with Gasteiger partial charge in [-0.1, -0.05) is 53.5 Å². The van der Waals surface area contributed by atoms with Crippen molar-refractivity contribution in [3.8, 4) is 17.2 Å². The molecular formula is C35H48O5. The second-order valence-electron chi connectivity index (χ2n) is 10.6. The zero-order valence-corrected chi connectivity index (χ0v) is 25.6. The van der Waals surface area contributed by atoms with Crippen LogP contribution in [0.1, 0.15) is 87.0 Å². The maximum atomic E-state index is 13.0. The number of benzene rings is 1. The minimum atomic E-state index is -0.561. The van der Waals surface area contributed by atoms with E-state index in [1.165, 1.54) is 22.3 Å². The fraction of sp³-hybridized carbons (Fsp3) is 0.457. The smallest absolute Gasteiger partial charge is 0.383 e. The zero-order chi connectivity index (χ0) is 29.3. The molecule has 0 amide bonds. The van der Waals surface area contributed by atoms with E-state index in [2.05, 4.69) is 78.8 Å². The molecule has 0 aliphatic rings. The quantitative estimate of drug-likeness (QED) is 0.112. The van der Waals surface area contributed by atoms with E-state index in [4.69, 9.17) is 18.6 Å². The van der Waals surface area contributed by atoms with E-state index in [0.717, 1.165) is 38.5 Å². The normalized spacial score (nSPS) is 12.1. The van der Waals surface area contributed by atoms with Gasteiger partial charge in [0.15, 0.2) is 5.75 Å². The highest BCUT2D eigenvalue weighted by atomic mass is 16.5. The lowest BCUT2D eigenvalue weighted by Crippen LogP contribution is -2.11. The van der Waals surface area contributed by atoms with E-state index < -0.39 is 5.63 Å². The van der Waals surface area contributed by atoms with E-state index in [-0.39, 0.29) is 12.4 Å². The molecule has 5 heteroatoms. The fourth-order valence-corrected chi connectivity index (χ4v) is 3.94. The van der Waals surface area contributed by atoms with Crippen LogP contribution in [0.25, 0.3) is 11.0 Å². The van der Waals surface area contributed by atoms with Gasteiger partial charge in [-0.3, -0.25) is 0 Å². The lowest BCUT2D eigenvalue weighted by atomic mass is 10.1. The first-order valence-corrected chi connectivity index (χ1v) is 14.4. The Morgan fingerprint density at radius 1 is 0.750 bits per heavy atom. The third-order valence-corrected chi connectivity index (χ3v) is 6.25. The van der Waals surface area contributed by atoms with Gasteiger partial charge >= 0.3 is 5.63 Å². The minimum Gasteiger partial charge on any atom is -0.489 e. The van der Waals surface area contributed by atoms with Crippen LogP contribution in [-0.4, -0.2) is 19.8 Å². The second kappa shape index (κ2) is 18.0. The number of allylic oxidation sites excluding steroid dienone is 7. The van der Waals surface area contributed by atoms with E-state index in [1.54, 1.807) is 6.07 Å². The third kappa shape index (κ3) is 12.1. The van der Waals surface area contributed by atoms with Gasteiger partial charge in [0.05, 0.1) is 12.0 Å². The molecule has 218 valence electrons. The van der Waals surface area contributed by atoms with Crippen molar-refractivity contribution in [3.63, 3.8) is 0 Å². The molecule has 0 radical (unpaired) electrons. The van der Waals surface area contributed by atoms with E-state index in [0.29, 0.717) is 35.7 Å². The van der Waals surface area contributed by atoms with Gasteiger partial charge < -0.3 is 18.6 Å². The van der Waals surface area contributed by atoms with Gasteiger partial charge in [0, 0.05) is 6.07 Å². The highest BCUT2D eigenvalue weighted by molar-refractivity contribution is 5.86. The lowest BCUT2D eigenvalue weighted by Gasteiger charge is -2.14. The largest absolute Gasteiger partial charge is 0.489 e. The Bertz CT molecular complexity index is 1280. The Morgan fingerprint density at radius 3 is 1.98 bits per heavy atom. The van der Waals surface area contributed by atoms with E-state index in [9.17, 15) is 4.79 Å². The van der Waals surface area contributed by atoms with Crippen LogP contribution in [0, 0.1) is 0 Å². The van der Waals surface area contributed by atoms with Gasteiger partial charge in [0.25, 0.3) is 0 Å². The average molecular weight is 549 g/mol. The molecule has 0 spiro atoms. The van der Waals surface area contributed by atoms with Crippen molar-refractivity contribution in [1.82, 2.24) is 0 Å². The minimum absolute atomic E-state index is 0.101. The van der Waals surface area contributed by atoms with Crippen molar-refractivity contribution in [2.24, 2.45) is 0 Å². The molecule has 0 fully saturated rings. The highest BCUT2D eigenvalue weighted by Gasteiger charge is 2.18. The summed E-state index contributed by atoms with van der Waals surface area (Å²) in [6, 6.07) is 5.48. The maximum absolute atomic E-state index is 13.0. The van der Waals surface area contributed by atoms with Crippen LogP contribution in [0.15, 0.2) is 86.2 Å². The Hall–Kier alpha value is -3.47. The standard InChI is InChI=1S/C35H48O5/c1-8-9-10-11-22-38-33-31-19-18-30(37-23-20-28(6)16-12-14-26(2)3)25-32(31)40-35(36)34(33)39-24-21-29(7)17-13-15-27(4)5/h9-10,14-15,18-21,25H,8,11-13,16-17,22-24H2,1-7H3. The molecule has 0 saturated heterocycles. The predicted octanol–water partition coefficient (Wildman–Crippen LogP) is 9.67. The van der Waals surface area contributed by atoms with Crippen LogP contribution in [0.4, 0.5) is 0 Å². The molecule has 0 bridgehead atoms. The van der Waals surface area contributed by atoms with Gasteiger partial charge in [0.1, 0.15) is 24.5 Å². The van der Waals surface area contributed by atoms with Crippen molar-refractivity contribution in [2.45, 2.75) is 87.0 Å². The fourth-order valence-electron chi connectivity index (χ4n) is 3.94. The van der Waals surface area contributed by atoms with Crippen molar-refractivity contribution in [3.05, 3.63) is 87.4 Å². The van der Waals surface area contributed by atoms with Crippen LogP contribution in [0.5, 0.6) is 17.2 Å². The lowest BCUT2D eigenvalue weighted by molar-refractivity contribution is 0.279. The summed E-state index contributed by atoms with van der Waals surface area (Å²) in [7, 11) is 0. The van der Waals surface area contributed by atoms with Crippen molar-refractivity contribution in [2.75, 3.05) is 19.8 Å². The summed E-state index contributed by atoms with van der Waals surface area (Å²) in [4.78, 5) is 13.0. The summed E-state index contributed by atoms with van der Waals surface area (Å²) < 4.78 is 23.7. The first-order chi connectivity index (χ1) is 19.2. The monoisotopic (exact) mass is 548 g/mol. The van der Waals surface area contributed by atoms with Crippen LogP contribution in [0.3, 0.4) is 0 Å². The average Bonchev–Trinajstić information content (AvgIpc) is 2.89. The summed E-state index contributed by atoms with van der Waals surface area (Å²) in [5, 5.41) is 0.680. The van der Waals surface area contributed by atoms with Crippen LogP contribution in [0.2, 0.25) is 0 Å². The molecule has 1 aromatic heterocycles. The molecule has 0 aliphatic heterocycles. The van der Waals surface area contributed by atoms with Gasteiger partial charge in [0.2, 0.25) is 5.75 Å². The molecule has 40 heavy (non-hydrogen) atoms. The molecule has 2 rings (SSSR count). The SMILES string of the molecule is CCC=CCCOc1c(OCC=C(C)CCC=C(C)C)c(=O)oc2cc(OCC=C(C)CCC=C(C)C)ccc12. The summed E-state index contributed by atoms with van der Waals surface area (Å²) in [6.07, 6.45) is 18.4. The molecule has 2 aromatic rings. The molecule has 0 unspecified atom stereocenters. The third-order valence-electron chi connectivity index (χ3n) is 6.25. The van der Waals surface area contributed by atoms with E-state index in [1.807, 2.05) is 18.2 Å². The number of ether oxygens (including phenoxy) is 3. The molecule has 0 N–H and O–H groups in total. The van der Waals surface area contributed by atoms with Gasteiger partial charge in [-0.25, -0.2) is 4.79 Å². The first-order valence-electron chi connectivity index (χ1n) is 14.4. The van der Waals surface area contributed by atoms with Crippen LogP contribution < -0.4 is 19.8 Å². The summed E-state index contributed by atoms with van der Waals surface area (Å²) >= 11 is 0. The Balaban J connectivity index is 2.21. The number of hydrogen-bond acceptors (Lipinski definition) is 5. The number of hydrogen-bond donors (Lipinski definition) is 0. The second-order valence-corrected chi connectivity index (χ2v) is 10.6. The van der Waals surface area contributed by atoms with Gasteiger partial charge in [-0.2, -0.15) is 0 Å². The molecule has 5 nitrogen and oxygen atoms in total. The van der Waals surface area contributed by atoms with Crippen LogP contribution in [-0.2, 0) is 0 Å². The van der Waals surface area contributed by atoms with Crippen molar-refractivity contribution in [1.29, 1.82) is 0 Å². The molecule has 0 atom stereocenters. The van der Waals surface area contributed by atoms with Crippen molar-refractivity contribution < 1.29 is 18.6 Å². The topological polar surface area (TPSA) is 57.9 Å². The maximum Gasteiger partial charge on any atom is 0.383 e. The van der Waals surface area contributed by atoms with Crippen LogP contribution >= 0.6 is 0 Å². The Labute approximate surface area is 240 Å². The summed E-state index contributed by atoms with van der Waals surface area (Å²) in [6.45, 7) is 15.8. The highest BCUT2D eigenvalue weighted by Crippen LogP contribution is 2.35. The summed E-state index contributed by atoms with van der Waals surface area (Å²) in [5.41, 5.74) is 4.97. The molecule has 1 heterocycles. The summed E-state index contributed by atoms with van der Waals surface area (Å²) in [5.74, 6) is 1.14. The Kier molecular flexibility index (Phi) is 14.7. The first kappa shape index (κ1) is 32.7. The molecule has 1 aromatic carbocycles. The predicted molar refractivity (Wildman–Crippen MR) is 168 cm³/mol. The zero-order valence-electron chi connectivity index (χ0n) is 25.6. The van der Waals surface area contributed by atoms with Gasteiger partial charge in [-0.05, 0) is 104 Å².